The van der Waals surface area contributed by atoms with Crippen LogP contribution in [0.4, 0.5) is 0 Å². The summed E-state index contributed by atoms with van der Waals surface area (Å²) in [6.07, 6.45) is 1.68. The summed E-state index contributed by atoms with van der Waals surface area (Å²) >= 11 is 0. The highest BCUT2D eigenvalue weighted by atomic mass is 16.2. The van der Waals surface area contributed by atoms with Crippen molar-refractivity contribution < 1.29 is 9.59 Å². The van der Waals surface area contributed by atoms with E-state index < -0.39 is 11.5 Å². The Kier molecular flexibility index (Phi) is 5.25. The second-order valence-electron chi connectivity index (χ2n) is 5.93. The van der Waals surface area contributed by atoms with Gasteiger partial charge in [-0.2, -0.15) is 0 Å². The summed E-state index contributed by atoms with van der Waals surface area (Å²) in [6.45, 7) is 8.96. The molecule has 1 heterocycles. The molecule has 1 aromatic heterocycles. The lowest BCUT2D eigenvalue weighted by molar-refractivity contribution is -0.133. The van der Waals surface area contributed by atoms with Crippen molar-refractivity contribution in [2.45, 2.75) is 46.7 Å². The van der Waals surface area contributed by atoms with Crippen molar-refractivity contribution in [3.63, 3.8) is 0 Å². The lowest BCUT2D eigenvalue weighted by Gasteiger charge is -2.22. The van der Waals surface area contributed by atoms with Crippen molar-refractivity contribution in [2.24, 2.45) is 5.41 Å². The van der Waals surface area contributed by atoms with Crippen molar-refractivity contribution >= 4 is 11.8 Å². The Morgan fingerprint density at radius 2 is 1.80 bits per heavy atom. The lowest BCUT2D eigenvalue weighted by atomic mass is 9.95. The van der Waals surface area contributed by atoms with Crippen LogP contribution in [0.5, 0.6) is 0 Å². The van der Waals surface area contributed by atoms with Crippen LogP contribution in [-0.2, 0) is 9.59 Å². The van der Waals surface area contributed by atoms with Gasteiger partial charge in [0.25, 0.3) is 0 Å². The Labute approximate surface area is 120 Å². The molecule has 1 aromatic rings. The molecule has 2 atom stereocenters. The van der Waals surface area contributed by atoms with Gasteiger partial charge in [-0.15, -0.1) is 0 Å². The Morgan fingerprint density at radius 1 is 1.15 bits per heavy atom. The summed E-state index contributed by atoms with van der Waals surface area (Å²) in [4.78, 5) is 28.1. The summed E-state index contributed by atoms with van der Waals surface area (Å²) in [5.74, 6) is -0.369. The van der Waals surface area contributed by atoms with E-state index in [4.69, 9.17) is 0 Å². The molecule has 2 amide bonds. The Hall–Kier alpha value is -1.91. The molecule has 5 heteroatoms. The number of carbonyl (C=O) groups excluding carboxylic acids is 2. The number of nitrogens with one attached hydrogen (secondary N) is 2. The van der Waals surface area contributed by atoms with E-state index in [9.17, 15) is 9.59 Å². The third kappa shape index (κ3) is 4.64. The van der Waals surface area contributed by atoms with Crippen molar-refractivity contribution in [3.8, 4) is 0 Å². The van der Waals surface area contributed by atoms with E-state index in [2.05, 4.69) is 15.6 Å². The molecule has 0 aliphatic heterocycles. The van der Waals surface area contributed by atoms with E-state index in [-0.39, 0.29) is 17.9 Å². The molecule has 20 heavy (non-hydrogen) atoms. The Morgan fingerprint density at radius 3 is 2.30 bits per heavy atom. The first-order valence-electron chi connectivity index (χ1n) is 6.74. The van der Waals surface area contributed by atoms with Crippen LogP contribution in [0.2, 0.25) is 0 Å². The molecule has 0 saturated heterocycles. The molecule has 2 N–H and O–H groups in total. The van der Waals surface area contributed by atoms with Gasteiger partial charge in [0.05, 0.1) is 11.7 Å². The smallest absolute Gasteiger partial charge is 0.242 e. The molecule has 0 aliphatic carbocycles. The fraction of sp³-hybridized carbons (Fsp3) is 0.533. The number of nitrogens with zero attached hydrogens (tertiary/aromatic N) is 1. The van der Waals surface area contributed by atoms with E-state index in [1.807, 2.05) is 45.9 Å². The van der Waals surface area contributed by atoms with Crippen molar-refractivity contribution in [2.75, 3.05) is 0 Å². The number of pyridine rings is 1. The van der Waals surface area contributed by atoms with Crippen LogP contribution in [0.15, 0.2) is 24.4 Å². The number of amides is 2. The number of hydrogen-bond acceptors (Lipinski definition) is 3. The van der Waals surface area contributed by atoms with Gasteiger partial charge in [0.2, 0.25) is 11.8 Å². The van der Waals surface area contributed by atoms with E-state index in [0.29, 0.717) is 0 Å². The highest BCUT2D eigenvalue weighted by molar-refractivity contribution is 5.89. The normalized spacial score (nSPS) is 14.2. The van der Waals surface area contributed by atoms with Gasteiger partial charge >= 0.3 is 0 Å². The first kappa shape index (κ1) is 16.1. The highest BCUT2D eigenvalue weighted by Crippen LogP contribution is 2.13. The Balaban J connectivity index is 2.56. The molecule has 0 spiro atoms. The molecule has 0 aliphatic rings. The quantitative estimate of drug-likeness (QED) is 0.881. The maximum atomic E-state index is 12.0. The van der Waals surface area contributed by atoms with Crippen LogP contribution in [0.3, 0.4) is 0 Å². The fourth-order valence-electron chi connectivity index (χ4n) is 1.52. The zero-order valence-corrected chi connectivity index (χ0v) is 12.7. The molecule has 110 valence electrons. The molecule has 1 rings (SSSR count). The lowest BCUT2D eigenvalue weighted by Crippen LogP contribution is -2.48. The first-order chi connectivity index (χ1) is 9.21. The van der Waals surface area contributed by atoms with E-state index in [1.165, 1.54) is 0 Å². The monoisotopic (exact) mass is 277 g/mol. The number of aromatic nitrogens is 1. The molecule has 5 nitrogen and oxygen atoms in total. The third-order valence-electron chi connectivity index (χ3n) is 2.91. The average Bonchev–Trinajstić information content (AvgIpc) is 2.38. The predicted octanol–water partition coefficient (Wildman–Crippen LogP) is 1.81. The van der Waals surface area contributed by atoms with Crippen LogP contribution in [-0.4, -0.2) is 22.8 Å². The second-order valence-corrected chi connectivity index (χ2v) is 5.93. The van der Waals surface area contributed by atoms with Crippen LogP contribution in [0, 0.1) is 5.41 Å². The molecule has 0 bridgehead atoms. The summed E-state index contributed by atoms with van der Waals surface area (Å²) in [5.41, 5.74) is 0.274. The second kappa shape index (κ2) is 6.50. The minimum atomic E-state index is -0.576. The van der Waals surface area contributed by atoms with E-state index in [1.54, 1.807) is 13.1 Å². The van der Waals surface area contributed by atoms with Gasteiger partial charge < -0.3 is 10.6 Å². The van der Waals surface area contributed by atoms with E-state index in [0.717, 1.165) is 5.69 Å². The largest absolute Gasteiger partial charge is 0.346 e. The standard InChI is InChI=1S/C15H23N3O2/c1-10(12-8-6-7-9-16-12)17-13(19)11(2)18-14(20)15(3,4)5/h6-11H,1-5H3,(H,17,19)(H,18,20). The van der Waals surface area contributed by atoms with Crippen molar-refractivity contribution in [1.29, 1.82) is 0 Å². The van der Waals surface area contributed by atoms with Crippen LogP contribution in [0.25, 0.3) is 0 Å². The number of rotatable bonds is 4. The summed E-state index contributed by atoms with van der Waals surface area (Å²) < 4.78 is 0. The molecule has 0 fully saturated rings. The maximum Gasteiger partial charge on any atom is 0.242 e. The fourth-order valence-corrected chi connectivity index (χ4v) is 1.52. The zero-order valence-electron chi connectivity index (χ0n) is 12.7. The zero-order chi connectivity index (χ0) is 15.3. The third-order valence-corrected chi connectivity index (χ3v) is 2.91. The van der Waals surface area contributed by atoms with Crippen molar-refractivity contribution in [3.05, 3.63) is 30.1 Å². The van der Waals surface area contributed by atoms with Gasteiger partial charge in [0.15, 0.2) is 0 Å². The van der Waals surface area contributed by atoms with Gasteiger partial charge in [-0.1, -0.05) is 26.8 Å². The Bertz CT molecular complexity index is 466. The molecular weight excluding hydrogens is 254 g/mol. The highest BCUT2D eigenvalue weighted by Gasteiger charge is 2.25. The molecular formula is C15H23N3O2. The van der Waals surface area contributed by atoms with Gasteiger partial charge in [-0.25, -0.2) is 0 Å². The summed E-state index contributed by atoms with van der Waals surface area (Å²) in [6, 6.07) is 4.77. The van der Waals surface area contributed by atoms with Gasteiger partial charge in [0, 0.05) is 11.6 Å². The minimum absolute atomic E-state index is 0.148. The molecule has 2 unspecified atom stereocenters. The SMILES string of the molecule is CC(NC(=O)C(C)(C)C)C(=O)NC(C)c1ccccn1. The molecule has 0 aromatic carbocycles. The molecule has 0 radical (unpaired) electrons. The summed E-state index contributed by atoms with van der Waals surface area (Å²) in [5, 5.41) is 5.54. The van der Waals surface area contributed by atoms with Crippen molar-refractivity contribution in [1.82, 2.24) is 15.6 Å². The molecule has 0 saturated carbocycles. The van der Waals surface area contributed by atoms with Crippen LogP contribution >= 0.6 is 0 Å². The van der Waals surface area contributed by atoms with Crippen LogP contribution < -0.4 is 10.6 Å². The summed E-state index contributed by atoms with van der Waals surface area (Å²) in [7, 11) is 0. The number of hydrogen-bond donors (Lipinski definition) is 2. The van der Waals surface area contributed by atoms with Crippen LogP contribution in [0.1, 0.15) is 46.4 Å². The maximum absolute atomic E-state index is 12.0. The topological polar surface area (TPSA) is 71.1 Å². The van der Waals surface area contributed by atoms with Gasteiger partial charge in [-0.05, 0) is 26.0 Å². The minimum Gasteiger partial charge on any atom is -0.346 e. The predicted molar refractivity (Wildman–Crippen MR) is 77.9 cm³/mol. The van der Waals surface area contributed by atoms with E-state index >= 15 is 0 Å². The van der Waals surface area contributed by atoms with Gasteiger partial charge in [-0.3, -0.25) is 14.6 Å². The van der Waals surface area contributed by atoms with Gasteiger partial charge in [0.1, 0.15) is 6.04 Å². The first-order valence-corrected chi connectivity index (χ1v) is 6.74. The average molecular weight is 277 g/mol. The number of carbonyl (C=O) groups is 2.